The highest BCUT2D eigenvalue weighted by Gasteiger charge is 2.14. The van der Waals surface area contributed by atoms with Gasteiger partial charge in [0.25, 0.3) is 11.5 Å². The van der Waals surface area contributed by atoms with Crippen molar-refractivity contribution in [3.63, 3.8) is 0 Å². The zero-order chi connectivity index (χ0) is 18.7. The van der Waals surface area contributed by atoms with Crippen molar-refractivity contribution in [3.05, 3.63) is 98.7 Å². The van der Waals surface area contributed by atoms with Crippen molar-refractivity contribution in [1.29, 1.82) is 0 Å². The Balaban J connectivity index is 1.89. The average molecular weight is 371 g/mol. The minimum atomic E-state index is -0.539. The van der Waals surface area contributed by atoms with E-state index in [4.69, 9.17) is 11.6 Å². The molecule has 0 unspecified atom stereocenters. The monoisotopic (exact) mass is 370 g/mol. The van der Waals surface area contributed by atoms with Crippen molar-refractivity contribution in [1.82, 2.24) is 4.57 Å². The summed E-state index contributed by atoms with van der Waals surface area (Å²) >= 11 is 6.05. The summed E-state index contributed by atoms with van der Waals surface area (Å²) in [6.07, 6.45) is 1.52. The first-order valence-electron chi connectivity index (χ1n) is 7.96. The van der Waals surface area contributed by atoms with Gasteiger partial charge in [-0.15, -0.1) is 0 Å². The minimum Gasteiger partial charge on any atom is -0.322 e. The molecule has 3 aromatic rings. The minimum absolute atomic E-state index is 0.0248. The van der Waals surface area contributed by atoms with Gasteiger partial charge >= 0.3 is 0 Å². The number of nitrogens with zero attached hydrogens (tertiary/aromatic N) is 1. The van der Waals surface area contributed by atoms with E-state index in [9.17, 15) is 14.0 Å². The van der Waals surface area contributed by atoms with E-state index in [1.165, 1.54) is 22.9 Å². The van der Waals surface area contributed by atoms with E-state index >= 15 is 0 Å². The molecule has 0 aliphatic carbocycles. The first-order valence-corrected chi connectivity index (χ1v) is 8.34. The Morgan fingerprint density at radius 3 is 2.65 bits per heavy atom. The number of nitrogens with one attached hydrogen (secondary N) is 1. The lowest BCUT2D eigenvalue weighted by Gasteiger charge is -2.11. The summed E-state index contributed by atoms with van der Waals surface area (Å²) in [6, 6.07) is 14.4. The second-order valence-electron chi connectivity index (χ2n) is 5.81. The number of halogens is 2. The van der Waals surface area contributed by atoms with Crippen LogP contribution in [0.15, 0.2) is 65.6 Å². The molecule has 0 atom stereocenters. The molecule has 0 saturated carbocycles. The van der Waals surface area contributed by atoms with E-state index in [-0.39, 0.29) is 12.1 Å². The molecular weight excluding hydrogens is 355 g/mol. The molecule has 3 rings (SSSR count). The van der Waals surface area contributed by atoms with Crippen molar-refractivity contribution < 1.29 is 9.18 Å². The highest BCUT2D eigenvalue weighted by molar-refractivity contribution is 6.31. The summed E-state index contributed by atoms with van der Waals surface area (Å²) in [5.74, 6) is -0.938. The van der Waals surface area contributed by atoms with E-state index in [0.717, 1.165) is 0 Å². The SMILES string of the molecule is Cc1c(Cl)cccc1NC(=O)c1cccn(Cc2ccccc2F)c1=O. The third-order valence-electron chi connectivity index (χ3n) is 4.08. The van der Waals surface area contributed by atoms with Gasteiger partial charge in [0.2, 0.25) is 0 Å². The number of hydrogen-bond acceptors (Lipinski definition) is 2. The molecule has 1 heterocycles. The molecule has 1 aromatic heterocycles. The van der Waals surface area contributed by atoms with E-state index < -0.39 is 17.3 Å². The number of hydrogen-bond donors (Lipinski definition) is 1. The van der Waals surface area contributed by atoms with Crippen molar-refractivity contribution >= 4 is 23.2 Å². The molecule has 0 aliphatic rings. The number of anilines is 1. The summed E-state index contributed by atoms with van der Waals surface area (Å²) in [5.41, 5.74) is 1.10. The number of amides is 1. The number of aromatic nitrogens is 1. The molecular formula is C20H16ClFN2O2. The zero-order valence-electron chi connectivity index (χ0n) is 14.0. The molecule has 26 heavy (non-hydrogen) atoms. The molecule has 6 heteroatoms. The van der Waals surface area contributed by atoms with Gasteiger partial charge in [0.05, 0.1) is 6.54 Å². The molecule has 0 fully saturated rings. The van der Waals surface area contributed by atoms with Crippen LogP contribution in [0, 0.1) is 12.7 Å². The highest BCUT2D eigenvalue weighted by Crippen LogP contribution is 2.23. The Morgan fingerprint density at radius 2 is 1.88 bits per heavy atom. The Morgan fingerprint density at radius 1 is 1.12 bits per heavy atom. The van der Waals surface area contributed by atoms with Gasteiger partial charge in [0.15, 0.2) is 0 Å². The summed E-state index contributed by atoms with van der Waals surface area (Å²) in [7, 11) is 0. The summed E-state index contributed by atoms with van der Waals surface area (Å²) < 4.78 is 15.1. The average Bonchev–Trinajstić information content (AvgIpc) is 2.62. The van der Waals surface area contributed by atoms with Crippen molar-refractivity contribution in [3.8, 4) is 0 Å². The second-order valence-corrected chi connectivity index (χ2v) is 6.22. The van der Waals surface area contributed by atoms with Crippen molar-refractivity contribution in [2.75, 3.05) is 5.32 Å². The van der Waals surface area contributed by atoms with Gasteiger partial charge in [-0.1, -0.05) is 35.9 Å². The van der Waals surface area contributed by atoms with Gasteiger partial charge in [-0.25, -0.2) is 4.39 Å². The zero-order valence-corrected chi connectivity index (χ0v) is 14.8. The van der Waals surface area contributed by atoms with Gasteiger partial charge in [-0.05, 0) is 42.8 Å². The smallest absolute Gasteiger partial charge is 0.263 e. The summed E-state index contributed by atoms with van der Waals surface area (Å²) in [4.78, 5) is 25.2. The maximum atomic E-state index is 13.8. The van der Waals surface area contributed by atoms with E-state index in [1.807, 2.05) is 0 Å². The van der Waals surface area contributed by atoms with Crippen LogP contribution in [0.4, 0.5) is 10.1 Å². The lowest BCUT2D eigenvalue weighted by molar-refractivity contribution is 0.102. The van der Waals surface area contributed by atoms with Gasteiger partial charge in [-0.2, -0.15) is 0 Å². The molecule has 1 amide bonds. The van der Waals surface area contributed by atoms with Crippen LogP contribution in [0.1, 0.15) is 21.5 Å². The predicted molar refractivity (Wildman–Crippen MR) is 100 cm³/mol. The Kier molecular flexibility index (Phi) is 5.19. The number of rotatable bonds is 4. The molecule has 0 aliphatic heterocycles. The predicted octanol–water partition coefficient (Wildman–Crippen LogP) is 4.25. The number of carbonyl (C=O) groups excluding carboxylic acids is 1. The van der Waals surface area contributed by atoms with Crippen LogP contribution in [0.25, 0.3) is 0 Å². The normalized spacial score (nSPS) is 10.6. The second kappa shape index (κ2) is 7.54. The fourth-order valence-corrected chi connectivity index (χ4v) is 2.75. The third-order valence-corrected chi connectivity index (χ3v) is 4.49. The number of benzene rings is 2. The quantitative estimate of drug-likeness (QED) is 0.746. The molecule has 0 radical (unpaired) electrons. The molecule has 0 saturated heterocycles. The molecule has 1 N–H and O–H groups in total. The van der Waals surface area contributed by atoms with Gasteiger partial charge in [-0.3, -0.25) is 9.59 Å². The lowest BCUT2D eigenvalue weighted by atomic mass is 10.1. The van der Waals surface area contributed by atoms with E-state index in [1.54, 1.807) is 49.4 Å². The first kappa shape index (κ1) is 17.9. The molecule has 0 bridgehead atoms. The van der Waals surface area contributed by atoms with Gasteiger partial charge in [0, 0.05) is 22.5 Å². The van der Waals surface area contributed by atoms with Crippen molar-refractivity contribution in [2.45, 2.75) is 13.5 Å². The number of carbonyl (C=O) groups is 1. The highest BCUT2D eigenvalue weighted by atomic mass is 35.5. The largest absolute Gasteiger partial charge is 0.322 e. The molecule has 4 nitrogen and oxygen atoms in total. The summed E-state index contributed by atoms with van der Waals surface area (Å²) in [5, 5.41) is 3.22. The van der Waals surface area contributed by atoms with Gasteiger partial charge < -0.3 is 9.88 Å². The standard InChI is InChI=1S/C20H16ClFN2O2/c1-13-16(21)8-4-10-18(13)23-19(25)15-7-5-11-24(20(15)26)12-14-6-2-3-9-17(14)22/h2-11H,12H2,1H3,(H,23,25). The summed E-state index contributed by atoms with van der Waals surface area (Å²) in [6.45, 7) is 1.82. The third kappa shape index (κ3) is 3.68. The van der Waals surface area contributed by atoms with Crippen LogP contribution in [-0.4, -0.2) is 10.5 Å². The molecule has 0 spiro atoms. The van der Waals surface area contributed by atoms with Crippen LogP contribution in [0.3, 0.4) is 0 Å². The first-order chi connectivity index (χ1) is 12.5. The molecule has 2 aromatic carbocycles. The van der Waals surface area contributed by atoms with E-state index in [2.05, 4.69) is 5.32 Å². The lowest BCUT2D eigenvalue weighted by Crippen LogP contribution is -2.29. The van der Waals surface area contributed by atoms with Crippen LogP contribution in [0.2, 0.25) is 5.02 Å². The topological polar surface area (TPSA) is 51.1 Å². The van der Waals surface area contributed by atoms with Crippen LogP contribution in [0.5, 0.6) is 0 Å². The fraction of sp³-hybridized carbons (Fsp3) is 0.100. The Labute approximate surface area is 154 Å². The van der Waals surface area contributed by atoms with Crippen molar-refractivity contribution in [2.24, 2.45) is 0 Å². The van der Waals surface area contributed by atoms with Crippen LogP contribution in [-0.2, 0) is 6.54 Å². The fourth-order valence-electron chi connectivity index (χ4n) is 2.58. The van der Waals surface area contributed by atoms with Gasteiger partial charge in [0.1, 0.15) is 11.4 Å². The molecule has 132 valence electrons. The Bertz CT molecular complexity index is 1030. The Hall–Kier alpha value is -2.92. The number of pyridine rings is 1. The van der Waals surface area contributed by atoms with Crippen LogP contribution >= 0.6 is 11.6 Å². The maximum Gasteiger partial charge on any atom is 0.263 e. The van der Waals surface area contributed by atoms with E-state index in [0.29, 0.717) is 21.8 Å². The maximum absolute atomic E-state index is 13.8. The van der Waals surface area contributed by atoms with Crippen LogP contribution < -0.4 is 10.9 Å².